The number of amides is 1. The van der Waals surface area contributed by atoms with Gasteiger partial charge in [0, 0.05) is 51.4 Å². The van der Waals surface area contributed by atoms with Crippen molar-refractivity contribution in [2.45, 2.75) is 19.8 Å². The van der Waals surface area contributed by atoms with Crippen LogP contribution in [0.4, 0.5) is 5.69 Å². The van der Waals surface area contributed by atoms with Crippen LogP contribution < -0.4 is 10.2 Å². The molecule has 1 aromatic rings. The van der Waals surface area contributed by atoms with E-state index in [2.05, 4.69) is 46.3 Å². The SMILES string of the molecule is Cc1cccc(N2CCN(CCC(=O)NC[C@@H]3CCSC3)CC2)c1. The highest BCUT2D eigenvalue weighted by Crippen LogP contribution is 2.22. The van der Waals surface area contributed by atoms with Crippen LogP contribution in [0, 0.1) is 12.8 Å². The Morgan fingerprint density at radius 2 is 2.12 bits per heavy atom. The number of carbonyl (C=O) groups excluding carboxylic acids is 1. The molecule has 0 aliphatic carbocycles. The molecule has 0 saturated carbocycles. The minimum Gasteiger partial charge on any atom is -0.369 e. The monoisotopic (exact) mass is 347 g/mol. The number of hydrogen-bond acceptors (Lipinski definition) is 4. The molecule has 0 aromatic heterocycles. The molecule has 2 aliphatic heterocycles. The van der Waals surface area contributed by atoms with Gasteiger partial charge in [-0.05, 0) is 48.5 Å². The van der Waals surface area contributed by atoms with E-state index in [-0.39, 0.29) is 5.91 Å². The minimum atomic E-state index is 0.216. The maximum absolute atomic E-state index is 12.0. The second-order valence-corrected chi connectivity index (χ2v) is 8.10. The van der Waals surface area contributed by atoms with Gasteiger partial charge in [0.05, 0.1) is 0 Å². The van der Waals surface area contributed by atoms with Gasteiger partial charge in [-0.1, -0.05) is 12.1 Å². The number of nitrogens with zero attached hydrogens (tertiary/aromatic N) is 2. The normalized spacial score (nSPS) is 21.9. The summed E-state index contributed by atoms with van der Waals surface area (Å²) in [5, 5.41) is 3.12. The standard InChI is InChI=1S/C19H29N3OS/c1-16-3-2-4-18(13-16)22-10-8-21(9-11-22)7-5-19(23)20-14-17-6-12-24-15-17/h2-4,13,17H,5-12,14-15H2,1H3,(H,20,23)/t17-/m0/s1. The minimum absolute atomic E-state index is 0.216. The predicted octanol–water partition coefficient (Wildman–Crippen LogP) is 2.38. The van der Waals surface area contributed by atoms with E-state index < -0.39 is 0 Å². The fourth-order valence-corrected chi connectivity index (χ4v) is 4.69. The van der Waals surface area contributed by atoms with Crippen LogP contribution in [0.5, 0.6) is 0 Å². The summed E-state index contributed by atoms with van der Waals surface area (Å²) in [6.45, 7) is 8.07. The smallest absolute Gasteiger partial charge is 0.221 e. The number of benzene rings is 1. The summed E-state index contributed by atoms with van der Waals surface area (Å²) >= 11 is 2.00. The summed E-state index contributed by atoms with van der Waals surface area (Å²) in [5.41, 5.74) is 2.63. The van der Waals surface area contributed by atoms with Crippen molar-refractivity contribution in [2.75, 3.05) is 55.7 Å². The fourth-order valence-electron chi connectivity index (χ4n) is 3.40. The van der Waals surface area contributed by atoms with Crippen molar-refractivity contribution in [1.82, 2.24) is 10.2 Å². The van der Waals surface area contributed by atoms with Gasteiger partial charge in [-0.2, -0.15) is 11.8 Å². The molecule has 0 bridgehead atoms. The van der Waals surface area contributed by atoms with Gasteiger partial charge in [0.15, 0.2) is 0 Å². The van der Waals surface area contributed by atoms with Gasteiger partial charge in [0.25, 0.3) is 0 Å². The molecule has 2 saturated heterocycles. The second-order valence-electron chi connectivity index (χ2n) is 6.95. The third kappa shape index (κ3) is 5.15. The molecule has 1 aromatic carbocycles. The van der Waals surface area contributed by atoms with Gasteiger partial charge in [0.1, 0.15) is 0 Å². The van der Waals surface area contributed by atoms with Gasteiger partial charge >= 0.3 is 0 Å². The number of aryl methyl sites for hydroxylation is 1. The second kappa shape index (κ2) is 8.77. The molecular weight excluding hydrogens is 318 g/mol. The van der Waals surface area contributed by atoms with E-state index in [1.165, 1.54) is 29.2 Å². The van der Waals surface area contributed by atoms with Gasteiger partial charge in [-0.15, -0.1) is 0 Å². The third-order valence-corrected chi connectivity index (χ3v) is 6.24. The first-order chi connectivity index (χ1) is 11.7. The maximum atomic E-state index is 12.0. The van der Waals surface area contributed by atoms with Crippen molar-refractivity contribution < 1.29 is 4.79 Å². The van der Waals surface area contributed by atoms with E-state index in [0.29, 0.717) is 12.3 Å². The average Bonchev–Trinajstić information content (AvgIpc) is 3.12. The van der Waals surface area contributed by atoms with Gasteiger partial charge in [-0.3, -0.25) is 9.69 Å². The van der Waals surface area contributed by atoms with Gasteiger partial charge in [-0.25, -0.2) is 0 Å². The number of nitrogens with one attached hydrogen (secondary N) is 1. The topological polar surface area (TPSA) is 35.6 Å². The number of carbonyl (C=O) groups is 1. The Morgan fingerprint density at radius 1 is 1.29 bits per heavy atom. The molecule has 5 heteroatoms. The Labute approximate surface area is 150 Å². The zero-order valence-electron chi connectivity index (χ0n) is 14.7. The molecule has 2 fully saturated rings. The highest BCUT2D eigenvalue weighted by atomic mass is 32.2. The molecule has 132 valence electrons. The largest absolute Gasteiger partial charge is 0.369 e. The Bertz CT molecular complexity index is 537. The van der Waals surface area contributed by atoms with Crippen LogP contribution in [0.2, 0.25) is 0 Å². The number of rotatable bonds is 6. The van der Waals surface area contributed by atoms with Crippen LogP contribution >= 0.6 is 11.8 Å². The molecule has 3 rings (SSSR count). The summed E-state index contributed by atoms with van der Waals surface area (Å²) < 4.78 is 0. The lowest BCUT2D eigenvalue weighted by Crippen LogP contribution is -2.47. The van der Waals surface area contributed by atoms with E-state index in [1.54, 1.807) is 0 Å². The van der Waals surface area contributed by atoms with E-state index in [9.17, 15) is 4.79 Å². The lowest BCUT2D eigenvalue weighted by atomic mass is 10.1. The van der Waals surface area contributed by atoms with Crippen LogP contribution in [0.3, 0.4) is 0 Å². The number of piperazine rings is 1. The summed E-state index contributed by atoms with van der Waals surface area (Å²) in [7, 11) is 0. The first kappa shape index (κ1) is 17.6. The molecule has 1 amide bonds. The van der Waals surface area contributed by atoms with Crippen molar-refractivity contribution in [3.63, 3.8) is 0 Å². The third-order valence-electron chi connectivity index (χ3n) is 5.01. The molecule has 0 radical (unpaired) electrons. The van der Waals surface area contributed by atoms with Crippen molar-refractivity contribution in [3.05, 3.63) is 29.8 Å². The van der Waals surface area contributed by atoms with Crippen LogP contribution in [0.1, 0.15) is 18.4 Å². The molecule has 2 aliphatic rings. The number of anilines is 1. The summed E-state index contributed by atoms with van der Waals surface area (Å²) in [6.07, 6.45) is 1.89. The van der Waals surface area contributed by atoms with E-state index in [1.807, 2.05) is 11.8 Å². The Hall–Kier alpha value is -1.20. The van der Waals surface area contributed by atoms with Crippen molar-refractivity contribution in [2.24, 2.45) is 5.92 Å². The first-order valence-electron chi connectivity index (χ1n) is 9.09. The molecular formula is C19H29N3OS. The van der Waals surface area contributed by atoms with E-state index >= 15 is 0 Å². The number of hydrogen-bond donors (Lipinski definition) is 1. The first-order valence-corrected chi connectivity index (χ1v) is 10.2. The molecule has 0 unspecified atom stereocenters. The molecule has 2 heterocycles. The van der Waals surface area contributed by atoms with Crippen LogP contribution in [-0.4, -0.2) is 61.6 Å². The average molecular weight is 348 g/mol. The predicted molar refractivity (Wildman–Crippen MR) is 103 cm³/mol. The van der Waals surface area contributed by atoms with Crippen molar-refractivity contribution in [3.8, 4) is 0 Å². The highest BCUT2D eigenvalue weighted by molar-refractivity contribution is 7.99. The molecule has 24 heavy (non-hydrogen) atoms. The molecule has 1 N–H and O–H groups in total. The fraction of sp³-hybridized carbons (Fsp3) is 0.632. The van der Waals surface area contributed by atoms with Gasteiger partial charge < -0.3 is 10.2 Å². The Balaban J connectivity index is 1.34. The molecule has 1 atom stereocenters. The summed E-state index contributed by atoms with van der Waals surface area (Å²) in [4.78, 5) is 16.9. The van der Waals surface area contributed by atoms with E-state index in [4.69, 9.17) is 0 Å². The van der Waals surface area contributed by atoms with Gasteiger partial charge in [0.2, 0.25) is 5.91 Å². The zero-order valence-corrected chi connectivity index (χ0v) is 15.5. The number of thioether (sulfide) groups is 1. The summed E-state index contributed by atoms with van der Waals surface area (Å²) in [5.74, 6) is 3.37. The van der Waals surface area contributed by atoms with Crippen LogP contribution in [0.25, 0.3) is 0 Å². The van der Waals surface area contributed by atoms with Crippen LogP contribution in [0.15, 0.2) is 24.3 Å². The summed E-state index contributed by atoms with van der Waals surface area (Å²) in [6, 6.07) is 8.72. The van der Waals surface area contributed by atoms with E-state index in [0.717, 1.165) is 39.3 Å². The van der Waals surface area contributed by atoms with Crippen molar-refractivity contribution >= 4 is 23.4 Å². The lowest BCUT2D eigenvalue weighted by Gasteiger charge is -2.36. The quantitative estimate of drug-likeness (QED) is 0.857. The van der Waals surface area contributed by atoms with Crippen molar-refractivity contribution in [1.29, 1.82) is 0 Å². The Kier molecular flexibility index (Phi) is 6.44. The highest BCUT2D eigenvalue weighted by Gasteiger charge is 2.19. The Morgan fingerprint density at radius 3 is 2.83 bits per heavy atom. The van der Waals surface area contributed by atoms with Crippen LogP contribution in [-0.2, 0) is 4.79 Å². The lowest BCUT2D eigenvalue weighted by molar-refractivity contribution is -0.121. The molecule has 4 nitrogen and oxygen atoms in total. The molecule has 0 spiro atoms. The maximum Gasteiger partial charge on any atom is 0.221 e. The zero-order chi connectivity index (χ0) is 16.8.